The monoisotopic (exact) mass is 317 g/mol. The summed E-state index contributed by atoms with van der Waals surface area (Å²) in [5, 5.41) is 1.17. The third kappa shape index (κ3) is 2.82. The van der Waals surface area contributed by atoms with Crippen molar-refractivity contribution in [3.05, 3.63) is 64.5 Å². The standard InChI is InChI=1S/C17H13Cl2NO/c1-2-15-20-16(13-9-8-12(18)10-14(13)19)17(21-15)11-6-4-3-5-7-11/h3-10H,2H2,1H3. The molecule has 2 nitrogen and oxygen atoms in total. The molecule has 3 aromatic rings. The lowest BCUT2D eigenvalue weighted by Crippen LogP contribution is -1.85. The van der Waals surface area contributed by atoms with Crippen molar-refractivity contribution in [2.45, 2.75) is 13.3 Å². The van der Waals surface area contributed by atoms with Gasteiger partial charge in [0.15, 0.2) is 11.7 Å². The number of aryl methyl sites for hydroxylation is 1. The first kappa shape index (κ1) is 14.2. The minimum atomic E-state index is 0.565. The molecule has 0 atom stereocenters. The highest BCUT2D eigenvalue weighted by atomic mass is 35.5. The maximum Gasteiger partial charge on any atom is 0.195 e. The van der Waals surface area contributed by atoms with Gasteiger partial charge in [-0.3, -0.25) is 0 Å². The van der Waals surface area contributed by atoms with Crippen molar-refractivity contribution in [3.8, 4) is 22.6 Å². The number of hydrogen-bond acceptors (Lipinski definition) is 2. The van der Waals surface area contributed by atoms with Gasteiger partial charge in [0, 0.05) is 22.6 Å². The lowest BCUT2D eigenvalue weighted by molar-refractivity contribution is 0.514. The number of aromatic nitrogens is 1. The summed E-state index contributed by atoms with van der Waals surface area (Å²) in [5.74, 6) is 1.42. The average molecular weight is 318 g/mol. The first-order valence-electron chi connectivity index (χ1n) is 6.69. The van der Waals surface area contributed by atoms with Gasteiger partial charge in [0.25, 0.3) is 0 Å². The summed E-state index contributed by atoms with van der Waals surface area (Å²) in [5.41, 5.74) is 2.55. The van der Waals surface area contributed by atoms with Gasteiger partial charge in [-0.15, -0.1) is 0 Å². The van der Waals surface area contributed by atoms with E-state index in [1.807, 2.05) is 43.3 Å². The minimum absolute atomic E-state index is 0.565. The van der Waals surface area contributed by atoms with Crippen LogP contribution in [0.25, 0.3) is 22.6 Å². The summed E-state index contributed by atoms with van der Waals surface area (Å²) in [4.78, 5) is 4.57. The molecule has 2 aromatic carbocycles. The number of rotatable bonds is 3. The number of halogens is 2. The van der Waals surface area contributed by atoms with Gasteiger partial charge >= 0.3 is 0 Å². The zero-order chi connectivity index (χ0) is 14.8. The van der Waals surface area contributed by atoms with Gasteiger partial charge in [0.1, 0.15) is 5.69 Å². The molecule has 0 amide bonds. The number of hydrogen-bond donors (Lipinski definition) is 0. The van der Waals surface area contributed by atoms with Crippen molar-refractivity contribution < 1.29 is 4.42 Å². The molecule has 0 bridgehead atoms. The van der Waals surface area contributed by atoms with Crippen LogP contribution < -0.4 is 0 Å². The summed E-state index contributed by atoms with van der Waals surface area (Å²) in [6.45, 7) is 2.01. The Balaban J connectivity index is 2.20. The number of nitrogens with zero attached hydrogens (tertiary/aromatic N) is 1. The Bertz CT molecular complexity index is 766. The van der Waals surface area contributed by atoms with Crippen LogP contribution in [0.2, 0.25) is 10.0 Å². The molecule has 1 aromatic heterocycles. The van der Waals surface area contributed by atoms with Crippen molar-refractivity contribution in [1.29, 1.82) is 0 Å². The van der Waals surface area contributed by atoms with Crippen LogP contribution in [0.1, 0.15) is 12.8 Å². The molecule has 21 heavy (non-hydrogen) atoms. The fraction of sp³-hybridized carbons (Fsp3) is 0.118. The van der Waals surface area contributed by atoms with Gasteiger partial charge in [-0.25, -0.2) is 4.98 Å². The Morgan fingerprint density at radius 1 is 1.05 bits per heavy atom. The second-order valence-electron chi connectivity index (χ2n) is 4.63. The van der Waals surface area contributed by atoms with E-state index in [1.54, 1.807) is 12.1 Å². The highest BCUT2D eigenvalue weighted by Gasteiger charge is 2.18. The molecule has 1 heterocycles. The third-order valence-electron chi connectivity index (χ3n) is 3.20. The Hall–Kier alpha value is -1.77. The van der Waals surface area contributed by atoms with Gasteiger partial charge in [-0.1, -0.05) is 60.5 Å². The zero-order valence-electron chi connectivity index (χ0n) is 11.4. The van der Waals surface area contributed by atoms with Crippen LogP contribution >= 0.6 is 23.2 Å². The second-order valence-corrected chi connectivity index (χ2v) is 5.47. The molecule has 0 unspecified atom stereocenters. The Kier molecular flexibility index (Phi) is 4.00. The van der Waals surface area contributed by atoms with E-state index in [-0.39, 0.29) is 0 Å². The van der Waals surface area contributed by atoms with Gasteiger partial charge in [0.05, 0.1) is 5.02 Å². The first-order valence-corrected chi connectivity index (χ1v) is 7.45. The molecule has 0 fully saturated rings. The topological polar surface area (TPSA) is 26.0 Å². The van der Waals surface area contributed by atoms with Gasteiger partial charge in [-0.05, 0) is 18.2 Å². The molecule has 106 valence electrons. The van der Waals surface area contributed by atoms with E-state index in [0.29, 0.717) is 15.9 Å². The maximum absolute atomic E-state index is 6.31. The minimum Gasteiger partial charge on any atom is -0.440 e. The van der Waals surface area contributed by atoms with Crippen molar-refractivity contribution in [1.82, 2.24) is 4.98 Å². The quantitative estimate of drug-likeness (QED) is 0.603. The summed E-state index contributed by atoms with van der Waals surface area (Å²) < 4.78 is 5.89. The first-order chi connectivity index (χ1) is 10.2. The van der Waals surface area contributed by atoms with Crippen LogP contribution in [0.5, 0.6) is 0 Å². The SMILES string of the molecule is CCc1nc(-c2ccc(Cl)cc2Cl)c(-c2ccccc2)o1. The largest absolute Gasteiger partial charge is 0.440 e. The molecule has 0 aliphatic heterocycles. The molecule has 0 saturated heterocycles. The van der Waals surface area contributed by atoms with E-state index >= 15 is 0 Å². The van der Waals surface area contributed by atoms with E-state index in [0.717, 1.165) is 29.0 Å². The molecule has 3 rings (SSSR count). The zero-order valence-corrected chi connectivity index (χ0v) is 12.9. The third-order valence-corrected chi connectivity index (χ3v) is 3.74. The molecule has 0 aliphatic rings. The summed E-state index contributed by atoms with van der Waals surface area (Å²) in [7, 11) is 0. The van der Waals surface area contributed by atoms with E-state index in [1.165, 1.54) is 0 Å². The second kappa shape index (κ2) is 5.92. The van der Waals surface area contributed by atoms with Gasteiger partial charge in [-0.2, -0.15) is 0 Å². The molecule has 0 radical (unpaired) electrons. The molecular weight excluding hydrogens is 305 g/mol. The van der Waals surface area contributed by atoms with Crippen molar-refractivity contribution in [3.63, 3.8) is 0 Å². The number of benzene rings is 2. The Morgan fingerprint density at radius 3 is 2.48 bits per heavy atom. The summed E-state index contributed by atoms with van der Waals surface area (Å²) >= 11 is 12.3. The summed E-state index contributed by atoms with van der Waals surface area (Å²) in [6, 6.07) is 15.3. The molecule has 0 aliphatic carbocycles. The van der Waals surface area contributed by atoms with E-state index in [4.69, 9.17) is 27.6 Å². The van der Waals surface area contributed by atoms with E-state index in [9.17, 15) is 0 Å². The van der Waals surface area contributed by atoms with Crippen LogP contribution in [0.4, 0.5) is 0 Å². The molecule has 0 saturated carbocycles. The van der Waals surface area contributed by atoms with Crippen molar-refractivity contribution in [2.75, 3.05) is 0 Å². The molecule has 4 heteroatoms. The lowest BCUT2D eigenvalue weighted by Gasteiger charge is -2.04. The Morgan fingerprint density at radius 2 is 1.81 bits per heavy atom. The highest BCUT2D eigenvalue weighted by molar-refractivity contribution is 6.36. The van der Waals surface area contributed by atoms with Crippen LogP contribution in [0.15, 0.2) is 52.9 Å². The smallest absolute Gasteiger partial charge is 0.195 e. The molecule has 0 spiro atoms. The van der Waals surface area contributed by atoms with Gasteiger partial charge in [0.2, 0.25) is 0 Å². The van der Waals surface area contributed by atoms with Crippen LogP contribution in [0.3, 0.4) is 0 Å². The number of oxazole rings is 1. The van der Waals surface area contributed by atoms with Crippen LogP contribution in [0, 0.1) is 0 Å². The van der Waals surface area contributed by atoms with E-state index < -0.39 is 0 Å². The maximum atomic E-state index is 6.31. The average Bonchev–Trinajstić information content (AvgIpc) is 2.92. The van der Waals surface area contributed by atoms with Crippen LogP contribution in [-0.4, -0.2) is 4.98 Å². The Labute approximate surface area is 133 Å². The predicted octanol–water partition coefficient (Wildman–Crippen LogP) is 5.88. The fourth-order valence-electron chi connectivity index (χ4n) is 2.16. The lowest BCUT2D eigenvalue weighted by atomic mass is 10.1. The van der Waals surface area contributed by atoms with Crippen molar-refractivity contribution in [2.24, 2.45) is 0 Å². The highest BCUT2D eigenvalue weighted by Crippen LogP contribution is 2.37. The van der Waals surface area contributed by atoms with Crippen LogP contribution in [-0.2, 0) is 6.42 Å². The molecular formula is C17H13Cl2NO. The molecule has 0 N–H and O–H groups in total. The van der Waals surface area contributed by atoms with E-state index in [2.05, 4.69) is 4.98 Å². The summed E-state index contributed by atoms with van der Waals surface area (Å²) in [6.07, 6.45) is 0.727. The normalized spacial score (nSPS) is 10.8. The fourth-order valence-corrected chi connectivity index (χ4v) is 2.66. The van der Waals surface area contributed by atoms with Crippen molar-refractivity contribution >= 4 is 23.2 Å². The van der Waals surface area contributed by atoms with Gasteiger partial charge < -0.3 is 4.42 Å². The predicted molar refractivity (Wildman–Crippen MR) is 86.8 cm³/mol.